The van der Waals surface area contributed by atoms with Crippen LogP contribution < -0.4 is 0 Å². The Morgan fingerprint density at radius 2 is 1.26 bits per heavy atom. The first-order chi connectivity index (χ1) is 9.10. The minimum atomic E-state index is -0.0405. The molecule has 19 heavy (non-hydrogen) atoms. The normalized spacial score (nSPS) is 14.3. The van der Waals surface area contributed by atoms with Crippen molar-refractivity contribution in [1.29, 1.82) is 0 Å². The summed E-state index contributed by atoms with van der Waals surface area (Å²) in [5.41, 5.74) is -0.0405. The number of Topliss-reactive ketones (excluding diaryl/α,β-unsaturated/α-hetero) is 1. The lowest BCUT2D eigenvalue weighted by Gasteiger charge is -2.27. The Morgan fingerprint density at radius 1 is 0.842 bits per heavy atom. The van der Waals surface area contributed by atoms with E-state index in [1.54, 1.807) is 0 Å². The van der Waals surface area contributed by atoms with E-state index in [2.05, 4.69) is 43.4 Å². The number of hydrogen-bond donors (Lipinski definition) is 0. The molecule has 0 aromatic carbocycles. The fourth-order valence-corrected chi connectivity index (χ4v) is 3.55. The van der Waals surface area contributed by atoms with E-state index in [1.807, 2.05) is 0 Å². The van der Waals surface area contributed by atoms with E-state index in [1.165, 1.54) is 57.8 Å². The maximum absolute atomic E-state index is 12.2. The molecule has 1 unspecified atom stereocenters. The average Bonchev–Trinajstić information content (AvgIpc) is 2.42. The molecule has 0 radical (unpaired) electrons. The van der Waals surface area contributed by atoms with Gasteiger partial charge >= 0.3 is 0 Å². The maximum Gasteiger partial charge on any atom is 0.148 e. The Labute approximate surface area is 134 Å². The van der Waals surface area contributed by atoms with Gasteiger partial charge in [0.1, 0.15) is 5.78 Å². The molecule has 0 amide bonds. The molecule has 1 atom stereocenters. The van der Waals surface area contributed by atoms with Gasteiger partial charge in [-0.2, -0.15) is 0 Å². The second-order valence-corrected chi connectivity index (χ2v) is 6.86. The van der Waals surface area contributed by atoms with E-state index in [-0.39, 0.29) is 5.41 Å². The molecule has 0 aromatic heterocycles. The van der Waals surface area contributed by atoms with Gasteiger partial charge in [0.25, 0.3) is 0 Å². The molecule has 0 fully saturated rings. The van der Waals surface area contributed by atoms with Crippen LogP contribution in [-0.4, -0.2) is 10.2 Å². The summed E-state index contributed by atoms with van der Waals surface area (Å²) >= 11 is 2.23. The molecular formula is C17H33IO. The standard InChI is InChI=1S/C17H33IO/c1-4-6-8-10-12-14-17(3,16(19)15-18)13-11-9-7-5-2/h4-15H2,1-3H3. The van der Waals surface area contributed by atoms with Gasteiger partial charge < -0.3 is 0 Å². The maximum atomic E-state index is 12.2. The third-order valence-electron chi connectivity index (χ3n) is 4.21. The van der Waals surface area contributed by atoms with Crippen LogP contribution in [0.25, 0.3) is 0 Å². The second kappa shape index (κ2) is 12.2. The SMILES string of the molecule is CCCCCCCC(C)(CCCCCC)C(=O)CI. The highest BCUT2D eigenvalue weighted by atomic mass is 127. The van der Waals surface area contributed by atoms with Gasteiger partial charge in [-0.1, -0.05) is 101 Å². The van der Waals surface area contributed by atoms with Gasteiger partial charge in [0, 0.05) is 5.41 Å². The summed E-state index contributed by atoms with van der Waals surface area (Å²) in [6, 6.07) is 0. The molecule has 0 saturated heterocycles. The number of rotatable bonds is 13. The van der Waals surface area contributed by atoms with Crippen LogP contribution in [-0.2, 0) is 4.79 Å². The largest absolute Gasteiger partial charge is 0.298 e. The van der Waals surface area contributed by atoms with Crippen LogP contribution in [0.3, 0.4) is 0 Å². The van der Waals surface area contributed by atoms with Gasteiger partial charge in [0.2, 0.25) is 0 Å². The molecule has 0 aliphatic heterocycles. The zero-order chi connectivity index (χ0) is 14.6. The molecule has 2 heteroatoms. The predicted octanol–water partition coefficient (Wildman–Crippen LogP) is 6.33. The first kappa shape index (κ1) is 19.4. The van der Waals surface area contributed by atoms with Gasteiger partial charge in [0.05, 0.1) is 4.43 Å². The van der Waals surface area contributed by atoms with Crippen molar-refractivity contribution in [3.63, 3.8) is 0 Å². The van der Waals surface area contributed by atoms with Crippen LogP contribution >= 0.6 is 22.6 Å². The van der Waals surface area contributed by atoms with Gasteiger partial charge in [-0.25, -0.2) is 0 Å². The highest BCUT2D eigenvalue weighted by Gasteiger charge is 2.30. The number of alkyl halides is 1. The van der Waals surface area contributed by atoms with Crippen LogP contribution in [0.1, 0.15) is 91.4 Å². The van der Waals surface area contributed by atoms with E-state index in [0.29, 0.717) is 10.2 Å². The predicted molar refractivity (Wildman–Crippen MR) is 94.1 cm³/mol. The molecule has 1 nitrogen and oxygen atoms in total. The lowest BCUT2D eigenvalue weighted by atomic mass is 9.77. The van der Waals surface area contributed by atoms with Crippen molar-refractivity contribution < 1.29 is 4.79 Å². The van der Waals surface area contributed by atoms with E-state index < -0.39 is 0 Å². The van der Waals surface area contributed by atoms with Crippen molar-refractivity contribution in [3.05, 3.63) is 0 Å². The zero-order valence-corrected chi connectivity index (χ0v) is 15.4. The minimum absolute atomic E-state index is 0.0405. The Balaban J connectivity index is 4.08. The average molecular weight is 380 g/mol. The van der Waals surface area contributed by atoms with Crippen molar-refractivity contribution in [2.45, 2.75) is 91.4 Å². The molecule has 0 saturated carbocycles. The van der Waals surface area contributed by atoms with Crippen LogP contribution in [0, 0.1) is 5.41 Å². The third-order valence-corrected chi connectivity index (χ3v) is 4.90. The highest BCUT2D eigenvalue weighted by molar-refractivity contribution is 14.1. The molecule has 114 valence electrons. The van der Waals surface area contributed by atoms with Crippen molar-refractivity contribution in [2.24, 2.45) is 5.41 Å². The number of carbonyl (C=O) groups excluding carboxylic acids is 1. The fourth-order valence-electron chi connectivity index (χ4n) is 2.63. The van der Waals surface area contributed by atoms with Crippen LogP contribution in [0.2, 0.25) is 0 Å². The Kier molecular flexibility index (Phi) is 12.4. The molecule has 0 aliphatic carbocycles. The molecule has 0 aromatic rings. The molecule has 0 heterocycles. The number of hydrogen-bond acceptors (Lipinski definition) is 1. The summed E-state index contributed by atoms with van der Waals surface area (Å²) in [5.74, 6) is 0.472. The Bertz CT molecular complexity index is 227. The Hall–Kier alpha value is 0.400. The number of carbonyl (C=O) groups is 1. The summed E-state index contributed by atoms with van der Waals surface area (Å²) in [7, 11) is 0. The molecule has 0 bridgehead atoms. The highest BCUT2D eigenvalue weighted by Crippen LogP contribution is 2.33. The van der Waals surface area contributed by atoms with E-state index in [9.17, 15) is 4.79 Å². The van der Waals surface area contributed by atoms with E-state index >= 15 is 0 Å². The molecule has 0 rings (SSSR count). The first-order valence-electron chi connectivity index (χ1n) is 8.20. The lowest BCUT2D eigenvalue weighted by molar-refractivity contribution is -0.125. The van der Waals surface area contributed by atoms with Crippen molar-refractivity contribution >= 4 is 28.4 Å². The van der Waals surface area contributed by atoms with Gasteiger partial charge in [-0.3, -0.25) is 4.79 Å². The molecule has 0 spiro atoms. The molecular weight excluding hydrogens is 347 g/mol. The number of ketones is 1. The van der Waals surface area contributed by atoms with Crippen molar-refractivity contribution in [3.8, 4) is 0 Å². The Morgan fingerprint density at radius 3 is 1.68 bits per heavy atom. The number of halogens is 1. The summed E-state index contributed by atoms with van der Waals surface area (Å²) in [4.78, 5) is 12.2. The van der Waals surface area contributed by atoms with E-state index in [4.69, 9.17) is 0 Å². The quantitative estimate of drug-likeness (QED) is 0.207. The van der Waals surface area contributed by atoms with Crippen LogP contribution in [0.15, 0.2) is 0 Å². The first-order valence-corrected chi connectivity index (χ1v) is 9.72. The van der Waals surface area contributed by atoms with Gasteiger partial charge in [0.15, 0.2) is 0 Å². The molecule has 0 aliphatic rings. The monoisotopic (exact) mass is 380 g/mol. The van der Waals surface area contributed by atoms with Gasteiger partial charge in [-0.15, -0.1) is 0 Å². The smallest absolute Gasteiger partial charge is 0.148 e. The summed E-state index contributed by atoms with van der Waals surface area (Å²) < 4.78 is 0.678. The topological polar surface area (TPSA) is 17.1 Å². The summed E-state index contributed by atoms with van der Waals surface area (Å²) in [6.45, 7) is 6.69. The van der Waals surface area contributed by atoms with Crippen molar-refractivity contribution in [1.82, 2.24) is 0 Å². The minimum Gasteiger partial charge on any atom is -0.298 e. The van der Waals surface area contributed by atoms with Gasteiger partial charge in [-0.05, 0) is 12.8 Å². The fraction of sp³-hybridized carbons (Fsp3) is 0.941. The van der Waals surface area contributed by atoms with Crippen molar-refractivity contribution in [2.75, 3.05) is 4.43 Å². The summed E-state index contributed by atoms with van der Waals surface area (Å²) in [6.07, 6.45) is 13.8. The zero-order valence-electron chi connectivity index (χ0n) is 13.3. The van der Waals surface area contributed by atoms with E-state index in [0.717, 1.165) is 12.8 Å². The second-order valence-electron chi connectivity index (χ2n) is 6.09. The lowest BCUT2D eigenvalue weighted by Crippen LogP contribution is -2.29. The number of unbranched alkanes of at least 4 members (excludes halogenated alkanes) is 7. The van der Waals surface area contributed by atoms with Crippen LogP contribution in [0.4, 0.5) is 0 Å². The third kappa shape index (κ3) is 9.04. The summed E-state index contributed by atoms with van der Waals surface area (Å²) in [5, 5.41) is 0. The molecule has 0 N–H and O–H groups in total. The van der Waals surface area contributed by atoms with Crippen LogP contribution in [0.5, 0.6) is 0 Å².